The number of nitrogens with zero attached hydrogens (tertiary/aromatic N) is 1. The number of hydrogen-bond donors (Lipinski definition) is 1. The average Bonchev–Trinajstić information content (AvgIpc) is 3.09. The van der Waals surface area contributed by atoms with Crippen molar-refractivity contribution >= 4 is 22.7 Å². The average molecular weight is 307 g/mol. The molecule has 0 aromatic carbocycles. The highest BCUT2D eigenvalue weighted by atomic mass is 32.1. The Bertz CT molecular complexity index is 518. The maximum atomic E-state index is 3.64. The first kappa shape index (κ1) is 14.3. The van der Waals surface area contributed by atoms with Crippen LogP contribution in [0, 0.1) is 5.92 Å². The first-order valence-corrected chi connectivity index (χ1v) is 9.08. The van der Waals surface area contributed by atoms with Crippen LogP contribution in [0.5, 0.6) is 0 Å². The third kappa shape index (κ3) is 3.70. The molecule has 1 saturated heterocycles. The molecule has 3 rings (SSSR count). The Morgan fingerprint density at radius 2 is 2.35 bits per heavy atom. The van der Waals surface area contributed by atoms with Crippen LogP contribution in [0.4, 0.5) is 0 Å². The van der Waals surface area contributed by atoms with Crippen molar-refractivity contribution in [3.05, 3.63) is 33.8 Å². The van der Waals surface area contributed by atoms with E-state index < -0.39 is 0 Å². The quantitative estimate of drug-likeness (QED) is 0.901. The summed E-state index contributed by atoms with van der Waals surface area (Å²) >= 11 is 3.69. The van der Waals surface area contributed by atoms with Gasteiger partial charge in [0.1, 0.15) is 0 Å². The van der Waals surface area contributed by atoms with E-state index in [2.05, 4.69) is 46.2 Å². The van der Waals surface area contributed by atoms with Crippen LogP contribution in [0.2, 0.25) is 0 Å². The van der Waals surface area contributed by atoms with Gasteiger partial charge in [-0.15, -0.1) is 22.7 Å². The predicted molar refractivity (Wildman–Crippen MR) is 89.6 cm³/mol. The molecule has 0 saturated carbocycles. The Morgan fingerprint density at radius 1 is 1.40 bits per heavy atom. The third-order valence-electron chi connectivity index (χ3n) is 3.91. The van der Waals surface area contributed by atoms with Crippen molar-refractivity contribution in [1.29, 1.82) is 0 Å². The van der Waals surface area contributed by atoms with Gasteiger partial charge in [-0.1, -0.05) is 6.07 Å². The molecule has 1 unspecified atom stereocenters. The zero-order valence-corrected chi connectivity index (χ0v) is 13.6. The normalized spacial score (nSPS) is 20.4. The van der Waals surface area contributed by atoms with E-state index in [0.29, 0.717) is 0 Å². The monoisotopic (exact) mass is 306 g/mol. The Kier molecular flexibility index (Phi) is 4.89. The van der Waals surface area contributed by atoms with E-state index in [-0.39, 0.29) is 0 Å². The Labute approximate surface area is 129 Å². The molecule has 1 atom stereocenters. The van der Waals surface area contributed by atoms with Crippen molar-refractivity contribution in [1.82, 2.24) is 10.2 Å². The summed E-state index contributed by atoms with van der Waals surface area (Å²) in [7, 11) is 2.23. The van der Waals surface area contributed by atoms with Crippen LogP contribution >= 0.6 is 22.7 Å². The number of likely N-dealkylation sites (tertiary alicyclic amines) is 1. The summed E-state index contributed by atoms with van der Waals surface area (Å²) in [6, 6.07) is 6.65. The molecule has 0 bridgehead atoms. The van der Waals surface area contributed by atoms with E-state index >= 15 is 0 Å². The van der Waals surface area contributed by atoms with Crippen LogP contribution in [0.15, 0.2) is 29.0 Å². The highest BCUT2D eigenvalue weighted by Gasteiger charge is 2.16. The fourth-order valence-corrected chi connectivity index (χ4v) is 4.53. The number of hydrogen-bond acceptors (Lipinski definition) is 4. The molecule has 20 heavy (non-hydrogen) atoms. The van der Waals surface area contributed by atoms with Crippen molar-refractivity contribution in [2.24, 2.45) is 5.92 Å². The highest BCUT2D eigenvalue weighted by Crippen LogP contribution is 2.29. The number of thiophene rings is 2. The molecule has 0 radical (unpaired) electrons. The summed E-state index contributed by atoms with van der Waals surface area (Å²) in [5.41, 5.74) is 1.37. The summed E-state index contributed by atoms with van der Waals surface area (Å²) in [4.78, 5) is 5.27. The van der Waals surface area contributed by atoms with Crippen LogP contribution in [0.3, 0.4) is 0 Å². The van der Waals surface area contributed by atoms with Crippen molar-refractivity contribution < 1.29 is 0 Å². The van der Waals surface area contributed by atoms with Gasteiger partial charge in [-0.2, -0.15) is 0 Å². The lowest BCUT2D eigenvalue weighted by Crippen LogP contribution is -2.37. The van der Waals surface area contributed by atoms with Gasteiger partial charge in [-0.3, -0.25) is 0 Å². The van der Waals surface area contributed by atoms with Crippen LogP contribution in [-0.2, 0) is 6.54 Å². The standard InChI is InChI=1S/C16H22N2S2/c1-18-6-2-4-13(11-18)9-17-10-15-8-14(12-20-15)16-5-3-7-19-16/h3,5,7-8,12-13,17H,2,4,6,9-11H2,1H3. The maximum absolute atomic E-state index is 3.64. The maximum Gasteiger partial charge on any atom is 0.0351 e. The minimum atomic E-state index is 0.825. The summed E-state index contributed by atoms with van der Waals surface area (Å²) in [5.74, 6) is 0.825. The van der Waals surface area contributed by atoms with Crippen molar-refractivity contribution in [3.63, 3.8) is 0 Å². The third-order valence-corrected chi connectivity index (χ3v) is 5.77. The fourth-order valence-electron chi connectivity index (χ4n) is 2.88. The van der Waals surface area contributed by atoms with E-state index in [0.717, 1.165) is 19.0 Å². The number of rotatable bonds is 5. The molecule has 2 aromatic rings. The van der Waals surface area contributed by atoms with Gasteiger partial charge in [-0.25, -0.2) is 0 Å². The number of nitrogens with one attached hydrogen (secondary N) is 1. The molecular weight excluding hydrogens is 284 g/mol. The molecule has 0 aliphatic carbocycles. The summed E-state index contributed by atoms with van der Waals surface area (Å²) in [6.07, 6.45) is 2.73. The minimum absolute atomic E-state index is 0.825. The van der Waals surface area contributed by atoms with E-state index in [1.807, 2.05) is 22.7 Å². The van der Waals surface area contributed by atoms with E-state index in [9.17, 15) is 0 Å². The van der Waals surface area contributed by atoms with Crippen LogP contribution in [0.1, 0.15) is 17.7 Å². The minimum Gasteiger partial charge on any atom is -0.312 e. The zero-order chi connectivity index (χ0) is 13.8. The van der Waals surface area contributed by atoms with E-state index in [4.69, 9.17) is 0 Å². The summed E-state index contributed by atoms with van der Waals surface area (Å²) < 4.78 is 0. The molecular formula is C16H22N2S2. The van der Waals surface area contributed by atoms with Crippen LogP contribution < -0.4 is 5.32 Å². The van der Waals surface area contributed by atoms with Crippen molar-refractivity contribution in [2.45, 2.75) is 19.4 Å². The lowest BCUT2D eigenvalue weighted by molar-refractivity contribution is 0.206. The molecule has 2 nitrogen and oxygen atoms in total. The van der Waals surface area contributed by atoms with Gasteiger partial charge in [0.15, 0.2) is 0 Å². The van der Waals surface area contributed by atoms with Gasteiger partial charge in [-0.05, 0) is 61.8 Å². The van der Waals surface area contributed by atoms with Gasteiger partial charge in [0.05, 0.1) is 0 Å². The molecule has 1 aliphatic rings. The number of piperidine rings is 1. The molecule has 4 heteroatoms. The molecule has 3 heterocycles. The topological polar surface area (TPSA) is 15.3 Å². The SMILES string of the molecule is CN1CCCC(CNCc2cc(-c3cccs3)cs2)C1. The molecule has 2 aromatic heterocycles. The van der Waals surface area contributed by atoms with Gasteiger partial charge < -0.3 is 10.2 Å². The molecule has 1 N–H and O–H groups in total. The molecule has 1 fully saturated rings. The highest BCUT2D eigenvalue weighted by molar-refractivity contribution is 7.14. The van der Waals surface area contributed by atoms with Gasteiger partial charge in [0.25, 0.3) is 0 Å². The second kappa shape index (κ2) is 6.85. The summed E-state index contributed by atoms with van der Waals surface area (Å²) in [6.45, 7) is 4.68. The lowest BCUT2D eigenvalue weighted by atomic mass is 9.98. The summed E-state index contributed by atoms with van der Waals surface area (Å²) in [5, 5.41) is 8.06. The molecule has 0 spiro atoms. The lowest BCUT2D eigenvalue weighted by Gasteiger charge is -2.29. The van der Waals surface area contributed by atoms with Gasteiger partial charge in [0.2, 0.25) is 0 Å². The first-order chi connectivity index (χ1) is 9.81. The Balaban J connectivity index is 1.47. The second-order valence-corrected chi connectivity index (χ2v) is 7.62. The second-order valence-electron chi connectivity index (χ2n) is 5.68. The van der Waals surface area contributed by atoms with Crippen molar-refractivity contribution in [3.8, 4) is 10.4 Å². The fraction of sp³-hybridized carbons (Fsp3) is 0.500. The van der Waals surface area contributed by atoms with Gasteiger partial charge >= 0.3 is 0 Å². The van der Waals surface area contributed by atoms with Crippen molar-refractivity contribution in [2.75, 3.05) is 26.7 Å². The smallest absolute Gasteiger partial charge is 0.0351 e. The Hall–Kier alpha value is -0.680. The van der Waals surface area contributed by atoms with E-state index in [1.165, 1.54) is 41.2 Å². The largest absolute Gasteiger partial charge is 0.312 e. The Morgan fingerprint density at radius 3 is 3.15 bits per heavy atom. The van der Waals surface area contributed by atoms with Gasteiger partial charge in [0, 0.05) is 28.4 Å². The molecule has 0 amide bonds. The molecule has 1 aliphatic heterocycles. The van der Waals surface area contributed by atoms with E-state index in [1.54, 1.807) is 0 Å². The zero-order valence-electron chi connectivity index (χ0n) is 12.0. The van der Waals surface area contributed by atoms with Crippen LogP contribution in [0.25, 0.3) is 10.4 Å². The van der Waals surface area contributed by atoms with Crippen LogP contribution in [-0.4, -0.2) is 31.6 Å². The molecule has 108 valence electrons. The predicted octanol–water partition coefficient (Wildman–Crippen LogP) is 3.91. The first-order valence-electron chi connectivity index (χ1n) is 7.32.